The van der Waals surface area contributed by atoms with Crippen LogP contribution in [0.3, 0.4) is 0 Å². The standard InChI is InChI=1S/C29H27N5O.2ClH/c1-34-28(35)26(24-12-11-21-9-5-6-10-23(21)18-24)27(22-13-15-31-16-14-22)33-29(34)32-19-25(30)17-20-7-3-2-4-8-20;;/h2-16,18,25H,17,19,30H2,1H3,(H,32,33);2*1H. The summed E-state index contributed by atoms with van der Waals surface area (Å²) in [7, 11) is 1.74. The van der Waals surface area contributed by atoms with Crippen molar-refractivity contribution in [3.63, 3.8) is 0 Å². The van der Waals surface area contributed by atoms with E-state index in [1.54, 1.807) is 24.0 Å². The number of halogens is 2. The Morgan fingerprint density at radius 1 is 0.865 bits per heavy atom. The fourth-order valence-corrected chi connectivity index (χ4v) is 4.30. The highest BCUT2D eigenvalue weighted by molar-refractivity contribution is 5.90. The Balaban J connectivity index is 0.00000190. The maximum atomic E-state index is 13.7. The van der Waals surface area contributed by atoms with Gasteiger partial charge in [0, 0.05) is 37.6 Å². The number of hydrogen-bond acceptors (Lipinski definition) is 5. The molecular weight excluding hydrogens is 505 g/mol. The number of fused-ring (bicyclic) bond motifs is 1. The molecule has 37 heavy (non-hydrogen) atoms. The van der Waals surface area contributed by atoms with Crippen molar-refractivity contribution in [1.29, 1.82) is 0 Å². The van der Waals surface area contributed by atoms with Gasteiger partial charge in [-0.25, -0.2) is 4.98 Å². The number of nitrogens with zero attached hydrogens (tertiary/aromatic N) is 3. The zero-order valence-corrected chi connectivity index (χ0v) is 22.0. The minimum atomic E-state index is -0.126. The van der Waals surface area contributed by atoms with Crippen LogP contribution in [0.25, 0.3) is 33.2 Å². The molecule has 0 aliphatic heterocycles. The van der Waals surface area contributed by atoms with Gasteiger partial charge < -0.3 is 11.1 Å². The van der Waals surface area contributed by atoms with E-state index >= 15 is 0 Å². The lowest BCUT2D eigenvalue weighted by Gasteiger charge is -2.18. The summed E-state index contributed by atoms with van der Waals surface area (Å²) in [5.41, 5.74) is 10.3. The summed E-state index contributed by atoms with van der Waals surface area (Å²) in [5, 5.41) is 5.50. The lowest BCUT2D eigenvalue weighted by molar-refractivity contribution is 0.688. The van der Waals surface area contributed by atoms with E-state index in [0.29, 0.717) is 23.8 Å². The van der Waals surface area contributed by atoms with Crippen LogP contribution < -0.4 is 16.6 Å². The second kappa shape index (κ2) is 12.5. The quantitative estimate of drug-likeness (QED) is 0.289. The molecule has 5 rings (SSSR count). The molecule has 0 spiro atoms. The number of anilines is 1. The minimum absolute atomic E-state index is 0. The number of nitrogens with two attached hydrogens (primary N) is 1. The fourth-order valence-electron chi connectivity index (χ4n) is 4.30. The van der Waals surface area contributed by atoms with E-state index in [4.69, 9.17) is 10.7 Å². The van der Waals surface area contributed by atoms with Crippen LogP contribution in [0.2, 0.25) is 0 Å². The Morgan fingerprint density at radius 3 is 2.27 bits per heavy atom. The normalized spacial score (nSPS) is 11.3. The molecule has 0 aliphatic carbocycles. The van der Waals surface area contributed by atoms with Gasteiger partial charge in [0.15, 0.2) is 0 Å². The summed E-state index contributed by atoms with van der Waals surface area (Å²) >= 11 is 0. The van der Waals surface area contributed by atoms with E-state index in [9.17, 15) is 4.79 Å². The van der Waals surface area contributed by atoms with Gasteiger partial charge in [0.1, 0.15) is 0 Å². The smallest absolute Gasteiger partial charge is 0.263 e. The summed E-state index contributed by atoms with van der Waals surface area (Å²) in [6.07, 6.45) is 4.15. The van der Waals surface area contributed by atoms with Crippen LogP contribution in [0.4, 0.5) is 5.95 Å². The second-order valence-electron chi connectivity index (χ2n) is 8.65. The Bertz CT molecular complexity index is 1520. The number of benzene rings is 3. The van der Waals surface area contributed by atoms with E-state index in [1.165, 1.54) is 5.56 Å². The molecule has 6 nitrogen and oxygen atoms in total. The summed E-state index contributed by atoms with van der Waals surface area (Å²) < 4.78 is 1.56. The molecule has 1 atom stereocenters. The lowest BCUT2D eigenvalue weighted by atomic mass is 9.98. The number of rotatable bonds is 7. The number of aromatic nitrogens is 3. The van der Waals surface area contributed by atoms with Gasteiger partial charge >= 0.3 is 0 Å². The predicted octanol–water partition coefficient (Wildman–Crippen LogP) is 5.49. The van der Waals surface area contributed by atoms with Crippen molar-refractivity contribution in [3.05, 3.63) is 113 Å². The van der Waals surface area contributed by atoms with Gasteiger partial charge in [0.05, 0.1) is 11.3 Å². The molecule has 3 aromatic carbocycles. The molecule has 0 fully saturated rings. The first-order valence-electron chi connectivity index (χ1n) is 11.6. The van der Waals surface area contributed by atoms with Crippen molar-refractivity contribution in [2.45, 2.75) is 12.5 Å². The van der Waals surface area contributed by atoms with Crippen LogP contribution in [0.15, 0.2) is 102 Å². The third kappa shape index (κ3) is 6.17. The monoisotopic (exact) mass is 533 g/mol. The van der Waals surface area contributed by atoms with Gasteiger partial charge in [-0.2, -0.15) is 0 Å². The molecule has 0 saturated carbocycles. The average Bonchev–Trinajstić information content (AvgIpc) is 2.90. The topological polar surface area (TPSA) is 85.8 Å². The Labute approximate surface area is 228 Å². The third-order valence-electron chi connectivity index (χ3n) is 6.15. The molecule has 2 aromatic heterocycles. The largest absolute Gasteiger partial charge is 0.354 e. The van der Waals surface area contributed by atoms with E-state index < -0.39 is 0 Å². The first-order valence-corrected chi connectivity index (χ1v) is 11.6. The average molecular weight is 534 g/mol. The molecule has 190 valence electrons. The second-order valence-corrected chi connectivity index (χ2v) is 8.65. The number of pyridine rings is 1. The van der Waals surface area contributed by atoms with E-state index in [2.05, 4.69) is 28.5 Å². The minimum Gasteiger partial charge on any atom is -0.354 e. The van der Waals surface area contributed by atoms with Crippen molar-refractivity contribution in [2.75, 3.05) is 11.9 Å². The summed E-state index contributed by atoms with van der Waals surface area (Å²) in [6.45, 7) is 0.486. The highest BCUT2D eigenvalue weighted by Crippen LogP contribution is 2.30. The first-order chi connectivity index (χ1) is 17.1. The number of hydrogen-bond donors (Lipinski definition) is 2. The van der Waals surface area contributed by atoms with Gasteiger partial charge in [-0.1, -0.05) is 66.7 Å². The molecule has 2 heterocycles. The molecular formula is C29H29Cl2N5O. The molecule has 1 unspecified atom stereocenters. The van der Waals surface area contributed by atoms with Crippen molar-refractivity contribution in [1.82, 2.24) is 14.5 Å². The molecule has 8 heteroatoms. The van der Waals surface area contributed by atoms with Gasteiger partial charge in [0.25, 0.3) is 5.56 Å². The van der Waals surface area contributed by atoms with Gasteiger partial charge in [-0.05, 0) is 46.5 Å². The zero-order valence-electron chi connectivity index (χ0n) is 20.4. The van der Waals surface area contributed by atoms with Gasteiger partial charge in [-0.15, -0.1) is 24.8 Å². The Hall–Kier alpha value is -3.71. The van der Waals surface area contributed by atoms with Crippen molar-refractivity contribution >= 4 is 41.5 Å². The molecule has 3 N–H and O–H groups in total. The first kappa shape index (κ1) is 27.9. The third-order valence-corrected chi connectivity index (χ3v) is 6.15. The zero-order chi connectivity index (χ0) is 24.2. The molecule has 0 aliphatic rings. The van der Waals surface area contributed by atoms with Crippen LogP contribution in [0.5, 0.6) is 0 Å². The van der Waals surface area contributed by atoms with E-state index in [0.717, 1.165) is 28.3 Å². The molecule has 0 amide bonds. The fraction of sp³-hybridized carbons (Fsp3) is 0.138. The van der Waals surface area contributed by atoms with Crippen LogP contribution in [0, 0.1) is 0 Å². The summed E-state index contributed by atoms with van der Waals surface area (Å²) in [4.78, 5) is 22.7. The van der Waals surface area contributed by atoms with Crippen molar-refractivity contribution in [3.8, 4) is 22.4 Å². The highest BCUT2D eigenvalue weighted by Gasteiger charge is 2.19. The Morgan fingerprint density at radius 2 is 1.54 bits per heavy atom. The van der Waals surface area contributed by atoms with E-state index in [-0.39, 0.29) is 36.4 Å². The van der Waals surface area contributed by atoms with Crippen molar-refractivity contribution in [2.24, 2.45) is 12.8 Å². The molecule has 5 aromatic rings. The molecule has 0 radical (unpaired) electrons. The van der Waals surface area contributed by atoms with Crippen LogP contribution in [0.1, 0.15) is 5.56 Å². The molecule has 0 bridgehead atoms. The van der Waals surface area contributed by atoms with Gasteiger partial charge in [-0.3, -0.25) is 14.3 Å². The highest BCUT2D eigenvalue weighted by atomic mass is 35.5. The Kier molecular flexibility index (Phi) is 9.42. The maximum absolute atomic E-state index is 13.7. The molecule has 0 saturated heterocycles. The van der Waals surface area contributed by atoms with Crippen molar-refractivity contribution < 1.29 is 0 Å². The summed E-state index contributed by atoms with van der Waals surface area (Å²) in [6, 6.07) is 27.9. The number of nitrogens with one attached hydrogen (secondary N) is 1. The summed E-state index contributed by atoms with van der Waals surface area (Å²) in [5.74, 6) is 0.481. The SMILES string of the molecule is Cl.Cl.Cn1c(NCC(N)Cc2ccccc2)nc(-c2ccncc2)c(-c2ccc3ccccc3c2)c1=O. The van der Waals surface area contributed by atoms with Crippen LogP contribution in [-0.2, 0) is 13.5 Å². The van der Waals surface area contributed by atoms with Gasteiger partial charge in [0.2, 0.25) is 5.95 Å². The maximum Gasteiger partial charge on any atom is 0.263 e. The van der Waals surface area contributed by atoms with E-state index in [1.807, 2.05) is 66.7 Å². The predicted molar refractivity (Wildman–Crippen MR) is 157 cm³/mol. The van der Waals surface area contributed by atoms with Crippen LogP contribution >= 0.6 is 24.8 Å². The lowest BCUT2D eigenvalue weighted by Crippen LogP contribution is -2.34. The van der Waals surface area contributed by atoms with Crippen LogP contribution in [-0.4, -0.2) is 27.1 Å².